The van der Waals surface area contributed by atoms with Crippen molar-refractivity contribution >= 4 is 28.7 Å². The third-order valence-electron chi connectivity index (χ3n) is 7.75. The standard InChI is InChI=1S/C29H27F5N8O2/c1-16-14-41(9-8-40(16)2)21-11-20(30)25(17-4-3-7-42(15-17)23-5-6-36-22(12-35)38-23)26(31)27(21)39-28(44)18-13-37-24(43)10-19(18)29(32,33)34/h4-6,10-11,13,16H,3,7-9,14-15H2,1-2H3,(H,37,43)(H,39,44). The van der Waals surface area contributed by atoms with Crippen LogP contribution in [0.2, 0.25) is 0 Å². The summed E-state index contributed by atoms with van der Waals surface area (Å²) >= 11 is 0. The number of pyridine rings is 1. The van der Waals surface area contributed by atoms with E-state index in [2.05, 4.69) is 20.3 Å². The largest absolute Gasteiger partial charge is 0.417 e. The molecule has 1 saturated heterocycles. The molecule has 2 N–H and O–H groups in total. The Morgan fingerprint density at radius 1 is 1.18 bits per heavy atom. The fourth-order valence-electron chi connectivity index (χ4n) is 5.31. The van der Waals surface area contributed by atoms with Gasteiger partial charge in [0.2, 0.25) is 11.4 Å². The van der Waals surface area contributed by atoms with Crippen LogP contribution >= 0.6 is 0 Å². The van der Waals surface area contributed by atoms with Crippen LogP contribution in [0.5, 0.6) is 0 Å². The van der Waals surface area contributed by atoms with Crippen molar-refractivity contribution in [3.05, 3.63) is 81.2 Å². The molecule has 0 saturated carbocycles. The molecular formula is C29H27F5N8O2. The van der Waals surface area contributed by atoms with Crippen LogP contribution in [0.25, 0.3) is 5.57 Å². The molecule has 2 aliphatic heterocycles. The number of halogens is 5. The van der Waals surface area contributed by atoms with Gasteiger partial charge in [0.25, 0.3) is 5.91 Å². The summed E-state index contributed by atoms with van der Waals surface area (Å²) in [6.45, 7) is 3.53. The molecule has 1 amide bonds. The Bertz CT molecular complexity index is 1730. The van der Waals surface area contributed by atoms with E-state index in [1.165, 1.54) is 6.20 Å². The number of piperazine rings is 1. The number of aromatic nitrogens is 3. The first kappa shape index (κ1) is 30.6. The molecule has 3 aromatic rings. The van der Waals surface area contributed by atoms with E-state index >= 15 is 8.78 Å². The van der Waals surface area contributed by atoms with Crippen molar-refractivity contribution in [2.45, 2.75) is 25.6 Å². The second kappa shape index (κ2) is 12.0. The number of carbonyl (C=O) groups excluding carboxylic acids is 1. The van der Waals surface area contributed by atoms with Crippen LogP contribution in [0.4, 0.5) is 39.1 Å². The zero-order valence-corrected chi connectivity index (χ0v) is 23.7. The summed E-state index contributed by atoms with van der Waals surface area (Å²) in [5, 5.41) is 11.4. The van der Waals surface area contributed by atoms with Crippen LogP contribution in [-0.4, -0.2) is 71.6 Å². The van der Waals surface area contributed by atoms with Gasteiger partial charge < -0.3 is 25.0 Å². The summed E-state index contributed by atoms with van der Waals surface area (Å²) in [5.74, 6) is -3.12. The Balaban J connectivity index is 1.58. The second-order valence-corrected chi connectivity index (χ2v) is 10.6. The molecule has 15 heteroatoms. The molecule has 2 aromatic heterocycles. The van der Waals surface area contributed by atoms with Crippen molar-refractivity contribution in [2.24, 2.45) is 0 Å². The number of anilines is 3. The predicted octanol–water partition coefficient (Wildman–Crippen LogP) is 4.02. The van der Waals surface area contributed by atoms with E-state index in [9.17, 15) is 22.8 Å². The summed E-state index contributed by atoms with van der Waals surface area (Å²) in [6, 6.07) is 4.69. The highest BCUT2D eigenvalue weighted by molar-refractivity contribution is 6.07. The van der Waals surface area contributed by atoms with E-state index in [0.717, 1.165) is 6.07 Å². The van der Waals surface area contributed by atoms with Gasteiger partial charge in [0.05, 0.1) is 22.4 Å². The smallest absolute Gasteiger partial charge is 0.367 e. The summed E-state index contributed by atoms with van der Waals surface area (Å²) in [4.78, 5) is 40.4. The molecule has 1 atom stereocenters. The summed E-state index contributed by atoms with van der Waals surface area (Å²) in [5.41, 5.74) is -4.26. The molecule has 1 aromatic carbocycles. The van der Waals surface area contributed by atoms with Gasteiger partial charge in [-0.05, 0) is 32.0 Å². The molecule has 0 bridgehead atoms. The summed E-state index contributed by atoms with van der Waals surface area (Å²) in [7, 11) is 1.89. The molecule has 1 fully saturated rings. The van der Waals surface area contributed by atoms with Crippen molar-refractivity contribution in [2.75, 3.05) is 54.9 Å². The van der Waals surface area contributed by atoms with E-state index in [-0.39, 0.29) is 35.7 Å². The molecule has 0 radical (unpaired) electrons. The van der Waals surface area contributed by atoms with Gasteiger partial charge in [-0.1, -0.05) is 6.08 Å². The Hall–Kier alpha value is -4.84. The number of carbonyl (C=O) groups is 1. The highest BCUT2D eigenvalue weighted by Gasteiger charge is 2.37. The van der Waals surface area contributed by atoms with E-state index in [4.69, 9.17) is 5.26 Å². The Labute approximate surface area is 248 Å². The number of rotatable bonds is 5. The first-order valence-corrected chi connectivity index (χ1v) is 13.6. The van der Waals surface area contributed by atoms with Gasteiger partial charge in [-0.2, -0.15) is 18.4 Å². The number of nitrogens with one attached hydrogen (secondary N) is 2. The lowest BCUT2D eigenvalue weighted by Crippen LogP contribution is -2.50. The summed E-state index contributed by atoms with van der Waals surface area (Å²) in [6.07, 6.45) is -1.04. The van der Waals surface area contributed by atoms with Crippen molar-refractivity contribution in [3.8, 4) is 6.07 Å². The lowest BCUT2D eigenvalue weighted by atomic mass is 9.97. The van der Waals surface area contributed by atoms with E-state index < -0.39 is 51.7 Å². The average Bonchev–Trinajstić information content (AvgIpc) is 2.99. The maximum absolute atomic E-state index is 16.5. The van der Waals surface area contributed by atoms with Crippen LogP contribution in [0, 0.1) is 23.0 Å². The number of H-pyrrole nitrogens is 1. The fraction of sp³-hybridized carbons (Fsp3) is 0.345. The highest BCUT2D eigenvalue weighted by atomic mass is 19.4. The third kappa shape index (κ3) is 6.11. The van der Waals surface area contributed by atoms with Crippen LogP contribution in [0.3, 0.4) is 0 Å². The minimum Gasteiger partial charge on any atom is -0.367 e. The molecule has 5 rings (SSSR count). The van der Waals surface area contributed by atoms with E-state index in [1.54, 1.807) is 21.9 Å². The molecule has 10 nitrogen and oxygen atoms in total. The maximum atomic E-state index is 16.5. The number of hydrogen-bond donors (Lipinski definition) is 2. The minimum absolute atomic E-state index is 0.00780. The topological polar surface area (TPSA) is 121 Å². The van der Waals surface area contributed by atoms with Gasteiger partial charge in [0.1, 0.15) is 23.4 Å². The fourth-order valence-corrected chi connectivity index (χ4v) is 5.31. The van der Waals surface area contributed by atoms with Gasteiger partial charge in [-0.15, -0.1) is 0 Å². The SMILES string of the molecule is CC1CN(c2cc(F)c(C3=CCCN(c4ccnc(C#N)n4)C3)c(F)c2NC(=O)c2c[nH]c(=O)cc2C(F)(F)F)CCN1C. The quantitative estimate of drug-likeness (QED) is 0.414. The van der Waals surface area contributed by atoms with Crippen molar-refractivity contribution in [3.63, 3.8) is 0 Å². The number of nitrogens with zero attached hydrogens (tertiary/aromatic N) is 6. The monoisotopic (exact) mass is 614 g/mol. The predicted molar refractivity (Wildman–Crippen MR) is 152 cm³/mol. The van der Waals surface area contributed by atoms with Crippen molar-refractivity contribution in [1.29, 1.82) is 5.26 Å². The number of hydrogen-bond acceptors (Lipinski definition) is 8. The van der Waals surface area contributed by atoms with Gasteiger partial charge in [-0.3, -0.25) is 9.59 Å². The summed E-state index contributed by atoms with van der Waals surface area (Å²) < 4.78 is 73.6. The number of likely N-dealkylation sites (N-methyl/N-ethyl adjacent to an activating group) is 1. The van der Waals surface area contributed by atoms with E-state index in [0.29, 0.717) is 44.6 Å². The zero-order chi connectivity index (χ0) is 31.8. The highest BCUT2D eigenvalue weighted by Crippen LogP contribution is 2.39. The molecule has 230 valence electrons. The lowest BCUT2D eigenvalue weighted by Gasteiger charge is -2.40. The van der Waals surface area contributed by atoms with Gasteiger partial charge in [0.15, 0.2) is 5.82 Å². The van der Waals surface area contributed by atoms with Crippen LogP contribution in [0.1, 0.15) is 40.7 Å². The number of nitriles is 1. The van der Waals surface area contributed by atoms with Gasteiger partial charge in [-0.25, -0.2) is 18.7 Å². The van der Waals surface area contributed by atoms with Gasteiger partial charge in [0, 0.05) is 63.3 Å². The third-order valence-corrected chi connectivity index (χ3v) is 7.75. The molecule has 2 aliphatic rings. The number of amides is 1. The van der Waals surface area contributed by atoms with Crippen molar-refractivity contribution < 1.29 is 26.7 Å². The number of benzene rings is 1. The molecule has 1 unspecified atom stereocenters. The Kier molecular flexibility index (Phi) is 8.38. The van der Waals surface area contributed by atoms with Crippen LogP contribution in [-0.2, 0) is 6.18 Å². The molecule has 44 heavy (non-hydrogen) atoms. The molecular weight excluding hydrogens is 587 g/mol. The first-order valence-electron chi connectivity index (χ1n) is 13.6. The average molecular weight is 615 g/mol. The number of aromatic amines is 1. The molecule has 0 spiro atoms. The lowest BCUT2D eigenvalue weighted by molar-refractivity contribution is -0.138. The van der Waals surface area contributed by atoms with Crippen LogP contribution in [0.15, 0.2) is 41.5 Å². The first-order chi connectivity index (χ1) is 20.9. The maximum Gasteiger partial charge on any atom is 0.417 e. The van der Waals surface area contributed by atoms with E-state index in [1.807, 2.05) is 24.9 Å². The molecule has 4 heterocycles. The second-order valence-electron chi connectivity index (χ2n) is 10.6. The normalized spacial score (nSPS) is 17.7. The Morgan fingerprint density at radius 3 is 2.66 bits per heavy atom. The minimum atomic E-state index is -5.05. The van der Waals surface area contributed by atoms with Gasteiger partial charge >= 0.3 is 6.18 Å². The van der Waals surface area contributed by atoms with Crippen LogP contribution < -0.4 is 20.7 Å². The molecule has 0 aliphatic carbocycles. The Morgan fingerprint density at radius 2 is 1.95 bits per heavy atom. The number of alkyl halides is 3. The zero-order valence-electron chi connectivity index (χ0n) is 23.7. The van der Waals surface area contributed by atoms with Crippen molar-refractivity contribution in [1.82, 2.24) is 19.9 Å².